The SMILES string of the molecule is Cc1cc(Br)c2nc(-c3ccc(Br)cc3)cc(C(=O)[O-])c2c1. The molecule has 1 aromatic heterocycles. The standard InChI is InChI=1S/C17H11Br2NO2/c1-9-6-12-13(17(21)22)8-15(20-16(12)14(19)7-9)10-2-4-11(18)5-3-10/h2-8H,1H3,(H,21,22)/p-1. The van der Waals surface area contributed by atoms with Crippen molar-refractivity contribution < 1.29 is 9.90 Å². The van der Waals surface area contributed by atoms with E-state index in [1.54, 1.807) is 6.07 Å². The maximum absolute atomic E-state index is 11.5. The summed E-state index contributed by atoms with van der Waals surface area (Å²) in [6.45, 7) is 1.91. The molecule has 0 saturated heterocycles. The monoisotopic (exact) mass is 418 g/mol. The molecule has 0 radical (unpaired) electrons. The predicted octanol–water partition coefficient (Wildman–Crippen LogP) is 4.10. The van der Waals surface area contributed by atoms with E-state index >= 15 is 0 Å². The van der Waals surface area contributed by atoms with Crippen LogP contribution in [0.5, 0.6) is 0 Å². The molecule has 5 heteroatoms. The lowest BCUT2D eigenvalue weighted by molar-refractivity contribution is -0.254. The highest BCUT2D eigenvalue weighted by molar-refractivity contribution is 9.11. The molecule has 3 rings (SSSR count). The Morgan fingerprint density at radius 2 is 1.77 bits per heavy atom. The number of fused-ring (bicyclic) bond motifs is 1. The number of nitrogens with zero attached hydrogens (tertiary/aromatic N) is 1. The number of carboxylic acids is 1. The molecule has 0 bridgehead atoms. The highest BCUT2D eigenvalue weighted by Crippen LogP contribution is 2.30. The van der Waals surface area contributed by atoms with Gasteiger partial charge in [-0.05, 0) is 58.7 Å². The van der Waals surface area contributed by atoms with E-state index < -0.39 is 5.97 Å². The Kier molecular flexibility index (Phi) is 4.02. The van der Waals surface area contributed by atoms with Crippen LogP contribution in [0.25, 0.3) is 22.2 Å². The van der Waals surface area contributed by atoms with E-state index in [1.165, 1.54) is 0 Å². The topological polar surface area (TPSA) is 53.0 Å². The number of carbonyl (C=O) groups excluding carboxylic acids is 1. The summed E-state index contributed by atoms with van der Waals surface area (Å²) >= 11 is 6.85. The predicted molar refractivity (Wildman–Crippen MR) is 91.6 cm³/mol. The third kappa shape index (κ3) is 2.78. The first-order chi connectivity index (χ1) is 10.5. The Morgan fingerprint density at radius 3 is 2.41 bits per heavy atom. The van der Waals surface area contributed by atoms with Gasteiger partial charge in [-0.3, -0.25) is 0 Å². The lowest BCUT2D eigenvalue weighted by atomic mass is 10.0. The van der Waals surface area contributed by atoms with Gasteiger partial charge in [0, 0.05) is 25.5 Å². The van der Waals surface area contributed by atoms with Crippen molar-refractivity contribution in [2.75, 3.05) is 0 Å². The number of hydrogen-bond acceptors (Lipinski definition) is 3. The Balaban J connectivity index is 2.34. The van der Waals surface area contributed by atoms with Crippen LogP contribution in [0.1, 0.15) is 15.9 Å². The van der Waals surface area contributed by atoms with Crippen molar-refractivity contribution in [2.45, 2.75) is 6.92 Å². The number of carbonyl (C=O) groups is 1. The lowest BCUT2D eigenvalue weighted by Crippen LogP contribution is -2.22. The van der Waals surface area contributed by atoms with Gasteiger partial charge in [0.1, 0.15) is 0 Å². The molecule has 0 aliphatic rings. The molecule has 3 nitrogen and oxygen atoms in total. The molecule has 0 amide bonds. The van der Waals surface area contributed by atoms with Crippen LogP contribution < -0.4 is 5.11 Å². The molecule has 22 heavy (non-hydrogen) atoms. The lowest BCUT2D eigenvalue weighted by Gasteiger charge is -2.12. The number of pyridine rings is 1. The smallest absolute Gasteiger partial charge is 0.0858 e. The fraction of sp³-hybridized carbons (Fsp3) is 0.0588. The summed E-state index contributed by atoms with van der Waals surface area (Å²) in [5.41, 5.74) is 3.17. The first kappa shape index (κ1) is 15.2. The summed E-state index contributed by atoms with van der Waals surface area (Å²) in [4.78, 5) is 16.1. The van der Waals surface area contributed by atoms with Gasteiger partial charge in [0.2, 0.25) is 0 Å². The van der Waals surface area contributed by atoms with Gasteiger partial charge >= 0.3 is 0 Å². The van der Waals surface area contributed by atoms with Crippen molar-refractivity contribution in [3.63, 3.8) is 0 Å². The average molecular weight is 420 g/mol. The van der Waals surface area contributed by atoms with E-state index in [4.69, 9.17) is 0 Å². The number of benzene rings is 2. The number of hydrogen-bond donors (Lipinski definition) is 0. The Bertz CT molecular complexity index is 889. The summed E-state index contributed by atoms with van der Waals surface area (Å²) in [6.07, 6.45) is 0. The highest BCUT2D eigenvalue weighted by Gasteiger charge is 2.11. The molecule has 1 heterocycles. The summed E-state index contributed by atoms with van der Waals surface area (Å²) < 4.78 is 1.72. The fourth-order valence-corrected chi connectivity index (χ4v) is 3.29. The number of carboxylic acid groups (broad SMARTS) is 1. The minimum Gasteiger partial charge on any atom is -0.545 e. The first-order valence-corrected chi connectivity index (χ1v) is 8.12. The van der Waals surface area contributed by atoms with Gasteiger partial charge in [-0.25, -0.2) is 4.98 Å². The number of aryl methyl sites for hydroxylation is 1. The number of aromatic nitrogens is 1. The van der Waals surface area contributed by atoms with Gasteiger partial charge in [-0.2, -0.15) is 0 Å². The third-order valence-electron chi connectivity index (χ3n) is 3.37. The van der Waals surface area contributed by atoms with E-state index in [9.17, 15) is 9.90 Å². The quantitative estimate of drug-likeness (QED) is 0.628. The zero-order valence-corrected chi connectivity index (χ0v) is 14.7. The van der Waals surface area contributed by atoms with Crippen molar-refractivity contribution in [3.8, 4) is 11.3 Å². The van der Waals surface area contributed by atoms with Gasteiger partial charge in [-0.15, -0.1) is 0 Å². The van der Waals surface area contributed by atoms with Gasteiger partial charge in [0.15, 0.2) is 0 Å². The molecule has 0 unspecified atom stereocenters. The summed E-state index contributed by atoms with van der Waals surface area (Å²) in [6, 6.07) is 12.9. The van der Waals surface area contributed by atoms with Crippen LogP contribution >= 0.6 is 31.9 Å². The molecular formula is C17H10Br2NO2-. The van der Waals surface area contributed by atoms with Crippen LogP contribution in [0.15, 0.2) is 51.4 Å². The molecule has 0 aliphatic carbocycles. The van der Waals surface area contributed by atoms with E-state index in [0.717, 1.165) is 20.1 Å². The zero-order valence-electron chi connectivity index (χ0n) is 11.6. The van der Waals surface area contributed by atoms with Crippen molar-refractivity contribution in [1.82, 2.24) is 4.98 Å². The largest absolute Gasteiger partial charge is 0.545 e. The molecule has 0 N–H and O–H groups in total. The summed E-state index contributed by atoms with van der Waals surface area (Å²) in [5.74, 6) is -1.21. The molecule has 0 spiro atoms. The number of halogens is 2. The van der Waals surface area contributed by atoms with E-state index in [1.807, 2.05) is 43.3 Å². The minimum absolute atomic E-state index is 0.146. The second-order valence-electron chi connectivity index (χ2n) is 4.99. The molecule has 0 saturated carbocycles. The van der Waals surface area contributed by atoms with Crippen LogP contribution in [-0.4, -0.2) is 11.0 Å². The van der Waals surface area contributed by atoms with Crippen molar-refractivity contribution in [3.05, 3.63) is 62.5 Å². The molecule has 0 aliphatic heterocycles. The van der Waals surface area contributed by atoms with Crippen molar-refractivity contribution in [2.24, 2.45) is 0 Å². The molecule has 110 valence electrons. The maximum atomic E-state index is 11.5. The fourth-order valence-electron chi connectivity index (χ4n) is 2.36. The summed E-state index contributed by atoms with van der Waals surface area (Å²) in [5, 5.41) is 12.1. The van der Waals surface area contributed by atoms with Gasteiger partial charge in [-0.1, -0.05) is 28.1 Å². The number of aromatic carboxylic acids is 1. The maximum Gasteiger partial charge on any atom is 0.0858 e. The Labute approximate surface area is 144 Å². The van der Waals surface area contributed by atoms with E-state index in [2.05, 4.69) is 36.8 Å². The molecule has 0 atom stereocenters. The van der Waals surface area contributed by atoms with Crippen LogP contribution in [0.3, 0.4) is 0 Å². The first-order valence-electron chi connectivity index (χ1n) is 6.54. The normalized spacial score (nSPS) is 10.9. The average Bonchev–Trinajstić information content (AvgIpc) is 2.47. The molecule has 3 aromatic rings. The third-order valence-corrected chi connectivity index (χ3v) is 4.50. The number of rotatable bonds is 2. The Hall–Kier alpha value is -1.72. The second kappa shape index (κ2) is 5.82. The minimum atomic E-state index is -1.21. The van der Waals surface area contributed by atoms with Crippen molar-refractivity contribution >= 4 is 48.7 Å². The van der Waals surface area contributed by atoms with E-state index in [0.29, 0.717) is 16.6 Å². The van der Waals surface area contributed by atoms with Crippen molar-refractivity contribution in [1.29, 1.82) is 0 Å². The van der Waals surface area contributed by atoms with E-state index in [-0.39, 0.29) is 5.56 Å². The Morgan fingerprint density at radius 1 is 1.09 bits per heavy atom. The van der Waals surface area contributed by atoms with Gasteiger partial charge in [0.05, 0.1) is 17.2 Å². The molecule has 0 fully saturated rings. The van der Waals surface area contributed by atoms with Gasteiger partial charge in [0.25, 0.3) is 0 Å². The van der Waals surface area contributed by atoms with Crippen LogP contribution in [0.2, 0.25) is 0 Å². The van der Waals surface area contributed by atoms with Crippen LogP contribution in [0, 0.1) is 6.92 Å². The van der Waals surface area contributed by atoms with Crippen LogP contribution in [-0.2, 0) is 0 Å². The molecule has 2 aromatic carbocycles. The van der Waals surface area contributed by atoms with Crippen LogP contribution in [0.4, 0.5) is 0 Å². The molecular weight excluding hydrogens is 410 g/mol. The second-order valence-corrected chi connectivity index (χ2v) is 6.76. The summed E-state index contributed by atoms with van der Waals surface area (Å²) in [7, 11) is 0. The highest BCUT2D eigenvalue weighted by atomic mass is 79.9. The zero-order chi connectivity index (χ0) is 15.9. The van der Waals surface area contributed by atoms with Gasteiger partial charge < -0.3 is 9.90 Å².